The summed E-state index contributed by atoms with van der Waals surface area (Å²) in [6.45, 7) is 4.80. The molecule has 2 N–H and O–H groups in total. The Bertz CT molecular complexity index is 457. The molecular formula is C15H21NO3. The van der Waals surface area contributed by atoms with E-state index in [4.69, 9.17) is 4.74 Å². The minimum Gasteiger partial charge on any atom is -0.484 e. The predicted molar refractivity (Wildman–Crippen MR) is 73.1 cm³/mol. The van der Waals surface area contributed by atoms with Gasteiger partial charge < -0.3 is 15.2 Å². The second-order valence-corrected chi connectivity index (χ2v) is 5.40. The average Bonchev–Trinajstić information content (AvgIpc) is 2.75. The van der Waals surface area contributed by atoms with Crippen LogP contribution in [0.2, 0.25) is 0 Å². The topological polar surface area (TPSA) is 58.6 Å². The van der Waals surface area contributed by atoms with Crippen molar-refractivity contribution in [2.24, 2.45) is 5.92 Å². The van der Waals surface area contributed by atoms with E-state index in [0.29, 0.717) is 18.2 Å². The normalized spacial score (nSPS) is 17.4. The van der Waals surface area contributed by atoms with Crippen LogP contribution in [0, 0.1) is 5.92 Å². The van der Waals surface area contributed by atoms with Crippen LogP contribution < -0.4 is 10.1 Å². The largest absolute Gasteiger partial charge is 0.484 e. The van der Waals surface area contributed by atoms with Crippen LogP contribution in [-0.4, -0.2) is 24.2 Å². The van der Waals surface area contributed by atoms with Gasteiger partial charge >= 0.3 is 0 Å². The molecule has 0 aliphatic heterocycles. The van der Waals surface area contributed by atoms with Crippen molar-refractivity contribution in [2.75, 3.05) is 13.2 Å². The summed E-state index contributed by atoms with van der Waals surface area (Å²) in [6, 6.07) is 5.61. The molecule has 0 unspecified atom stereocenters. The van der Waals surface area contributed by atoms with Gasteiger partial charge in [-0.25, -0.2) is 0 Å². The fraction of sp³-hybridized carbons (Fsp3) is 0.533. The number of hydrogen-bond acceptors (Lipinski definition) is 3. The van der Waals surface area contributed by atoms with E-state index in [1.807, 2.05) is 32.0 Å². The lowest BCUT2D eigenvalue weighted by atomic mass is 10.1. The summed E-state index contributed by atoms with van der Waals surface area (Å²) in [7, 11) is 0. The van der Waals surface area contributed by atoms with E-state index in [1.165, 1.54) is 0 Å². The number of hydrogen-bond donors (Lipinski definition) is 2. The molecule has 2 rings (SSSR count). The van der Waals surface area contributed by atoms with Gasteiger partial charge in [-0.2, -0.15) is 0 Å². The van der Waals surface area contributed by atoms with Crippen LogP contribution >= 0.6 is 0 Å². The summed E-state index contributed by atoms with van der Waals surface area (Å²) in [5.74, 6) is 1.02. The van der Waals surface area contributed by atoms with Gasteiger partial charge in [-0.15, -0.1) is 0 Å². The van der Waals surface area contributed by atoms with E-state index >= 15 is 0 Å². The molecule has 1 amide bonds. The van der Waals surface area contributed by atoms with Gasteiger partial charge in [0.15, 0.2) is 6.61 Å². The maximum atomic E-state index is 11.5. The molecule has 4 heteroatoms. The summed E-state index contributed by atoms with van der Waals surface area (Å²) in [5, 5.41) is 12.5. The van der Waals surface area contributed by atoms with Crippen molar-refractivity contribution >= 4 is 5.91 Å². The third-order valence-corrected chi connectivity index (χ3v) is 3.24. The molecule has 0 radical (unpaired) electrons. The first kappa shape index (κ1) is 13.9. The second-order valence-electron chi connectivity index (χ2n) is 5.40. The molecule has 0 saturated carbocycles. The number of aryl methyl sites for hydroxylation is 1. The lowest BCUT2D eigenvalue weighted by molar-refractivity contribution is -0.123. The van der Waals surface area contributed by atoms with Gasteiger partial charge in [-0.1, -0.05) is 19.9 Å². The van der Waals surface area contributed by atoms with Crippen LogP contribution in [0.1, 0.15) is 37.5 Å². The van der Waals surface area contributed by atoms with Crippen molar-refractivity contribution in [2.45, 2.75) is 32.8 Å². The standard InChI is InChI=1S/C15H21NO3/c1-10(2)8-16-15(18)9-19-12-4-5-13-11(7-12)3-6-14(13)17/h4-5,7,10,14,17H,3,6,8-9H2,1-2H3,(H,16,18)/t14-/m1/s1. The zero-order chi connectivity index (χ0) is 13.8. The Morgan fingerprint density at radius 1 is 1.53 bits per heavy atom. The number of fused-ring (bicyclic) bond motifs is 1. The summed E-state index contributed by atoms with van der Waals surface area (Å²) in [4.78, 5) is 11.5. The van der Waals surface area contributed by atoms with Gasteiger partial charge in [-0.05, 0) is 42.0 Å². The predicted octanol–water partition coefficient (Wildman–Crippen LogP) is 1.82. The van der Waals surface area contributed by atoms with Crippen LogP contribution in [0.4, 0.5) is 0 Å². The molecule has 1 aromatic rings. The Balaban J connectivity index is 1.85. The lowest BCUT2D eigenvalue weighted by Crippen LogP contribution is -2.31. The number of amides is 1. The first-order valence-electron chi connectivity index (χ1n) is 6.76. The molecule has 0 fully saturated rings. The SMILES string of the molecule is CC(C)CNC(=O)COc1ccc2c(c1)CC[C@H]2O. The highest BCUT2D eigenvalue weighted by molar-refractivity contribution is 5.77. The molecular weight excluding hydrogens is 242 g/mol. The highest BCUT2D eigenvalue weighted by Gasteiger charge is 2.20. The number of carbonyl (C=O) groups is 1. The van der Waals surface area contributed by atoms with Gasteiger partial charge in [0.2, 0.25) is 0 Å². The third-order valence-electron chi connectivity index (χ3n) is 3.24. The van der Waals surface area contributed by atoms with Crippen molar-refractivity contribution in [1.29, 1.82) is 0 Å². The fourth-order valence-electron chi connectivity index (χ4n) is 2.18. The highest BCUT2D eigenvalue weighted by atomic mass is 16.5. The van der Waals surface area contributed by atoms with Gasteiger partial charge in [0.25, 0.3) is 5.91 Å². The molecule has 1 atom stereocenters. The van der Waals surface area contributed by atoms with Gasteiger partial charge in [-0.3, -0.25) is 4.79 Å². The number of aliphatic hydroxyl groups is 1. The number of aliphatic hydroxyl groups excluding tert-OH is 1. The molecule has 0 saturated heterocycles. The van der Waals surface area contributed by atoms with Gasteiger partial charge in [0.1, 0.15) is 5.75 Å². The Morgan fingerprint density at radius 3 is 3.05 bits per heavy atom. The van der Waals surface area contributed by atoms with Crippen molar-refractivity contribution in [3.05, 3.63) is 29.3 Å². The Labute approximate surface area is 113 Å². The van der Waals surface area contributed by atoms with Gasteiger partial charge in [0.05, 0.1) is 6.10 Å². The molecule has 0 aromatic heterocycles. The average molecular weight is 263 g/mol. The number of rotatable bonds is 5. The quantitative estimate of drug-likeness (QED) is 0.852. The minimum absolute atomic E-state index is 0.0358. The van der Waals surface area contributed by atoms with Crippen molar-refractivity contribution in [1.82, 2.24) is 5.32 Å². The zero-order valence-electron chi connectivity index (χ0n) is 11.5. The first-order valence-corrected chi connectivity index (χ1v) is 6.76. The summed E-state index contributed by atoms with van der Waals surface area (Å²) >= 11 is 0. The van der Waals surface area contributed by atoms with Gasteiger partial charge in [0, 0.05) is 6.54 Å². The van der Waals surface area contributed by atoms with Crippen molar-refractivity contribution in [3.63, 3.8) is 0 Å². The summed E-state index contributed by atoms with van der Waals surface area (Å²) in [5.41, 5.74) is 2.10. The van der Waals surface area contributed by atoms with Crippen LogP contribution in [-0.2, 0) is 11.2 Å². The molecule has 0 heterocycles. The maximum Gasteiger partial charge on any atom is 0.257 e. The van der Waals surface area contributed by atoms with E-state index in [0.717, 1.165) is 24.0 Å². The first-order chi connectivity index (χ1) is 9.06. The van der Waals surface area contributed by atoms with Crippen molar-refractivity contribution < 1.29 is 14.6 Å². The number of ether oxygens (including phenoxy) is 1. The molecule has 0 spiro atoms. The van der Waals surface area contributed by atoms with E-state index in [-0.39, 0.29) is 18.6 Å². The second kappa shape index (κ2) is 6.06. The van der Waals surface area contributed by atoms with Crippen LogP contribution in [0.3, 0.4) is 0 Å². The van der Waals surface area contributed by atoms with Crippen LogP contribution in [0.25, 0.3) is 0 Å². The molecule has 104 valence electrons. The Hall–Kier alpha value is -1.55. The summed E-state index contributed by atoms with van der Waals surface area (Å²) in [6.07, 6.45) is 1.29. The van der Waals surface area contributed by atoms with Crippen molar-refractivity contribution in [3.8, 4) is 5.75 Å². The molecule has 4 nitrogen and oxygen atoms in total. The smallest absolute Gasteiger partial charge is 0.257 e. The Morgan fingerprint density at radius 2 is 2.32 bits per heavy atom. The number of carbonyl (C=O) groups excluding carboxylic acids is 1. The molecule has 1 aliphatic carbocycles. The van der Waals surface area contributed by atoms with Crippen LogP contribution in [0.5, 0.6) is 5.75 Å². The highest BCUT2D eigenvalue weighted by Crippen LogP contribution is 2.33. The zero-order valence-corrected chi connectivity index (χ0v) is 11.5. The lowest BCUT2D eigenvalue weighted by Gasteiger charge is -2.10. The third kappa shape index (κ3) is 3.70. The molecule has 19 heavy (non-hydrogen) atoms. The van der Waals surface area contributed by atoms with E-state index in [1.54, 1.807) is 0 Å². The number of nitrogens with one attached hydrogen (secondary N) is 1. The molecule has 1 aliphatic rings. The summed E-state index contributed by atoms with van der Waals surface area (Å²) < 4.78 is 5.47. The minimum atomic E-state index is -0.349. The van der Waals surface area contributed by atoms with E-state index in [9.17, 15) is 9.90 Å². The van der Waals surface area contributed by atoms with Crippen LogP contribution in [0.15, 0.2) is 18.2 Å². The Kier molecular flexibility index (Phi) is 4.43. The van der Waals surface area contributed by atoms with E-state index < -0.39 is 0 Å². The molecule has 1 aromatic carbocycles. The monoisotopic (exact) mass is 263 g/mol. The fourth-order valence-corrected chi connectivity index (χ4v) is 2.18. The maximum absolute atomic E-state index is 11.5. The number of benzene rings is 1. The van der Waals surface area contributed by atoms with E-state index in [2.05, 4.69) is 5.32 Å². The molecule has 0 bridgehead atoms.